The molecule has 17 heavy (non-hydrogen) atoms. The monoisotopic (exact) mass is 335 g/mol. The van der Waals surface area contributed by atoms with Crippen molar-refractivity contribution in [3.8, 4) is 0 Å². The van der Waals surface area contributed by atoms with Crippen LogP contribution in [0.1, 0.15) is 12.0 Å². The Morgan fingerprint density at radius 1 is 1.47 bits per heavy atom. The maximum Gasteiger partial charge on any atom is 0.241 e. The molecule has 1 aliphatic heterocycles. The van der Waals surface area contributed by atoms with Gasteiger partial charge in [0, 0.05) is 16.3 Å². The maximum atomic E-state index is 12.2. The molecular weight excluding hydrogens is 322 g/mol. The minimum absolute atomic E-state index is 0.0726. The zero-order valence-electron chi connectivity index (χ0n) is 9.44. The van der Waals surface area contributed by atoms with Crippen molar-refractivity contribution < 1.29 is 8.42 Å². The Labute approximate surface area is 115 Å². The molecule has 3 nitrogen and oxygen atoms in total. The summed E-state index contributed by atoms with van der Waals surface area (Å²) in [6.45, 7) is 1.81. The van der Waals surface area contributed by atoms with Gasteiger partial charge >= 0.3 is 0 Å². The Morgan fingerprint density at radius 3 is 2.88 bits per heavy atom. The highest BCUT2D eigenvalue weighted by Crippen LogP contribution is 2.23. The third kappa shape index (κ3) is 3.24. The van der Waals surface area contributed by atoms with E-state index in [1.54, 1.807) is 17.8 Å². The molecule has 0 saturated carbocycles. The molecule has 0 spiro atoms. The van der Waals surface area contributed by atoms with Gasteiger partial charge in [-0.1, -0.05) is 22.0 Å². The zero-order chi connectivity index (χ0) is 12.5. The summed E-state index contributed by atoms with van der Waals surface area (Å²) < 4.78 is 28.0. The molecular formula is C11H14BrNO2S2. The van der Waals surface area contributed by atoms with Crippen LogP contribution in [0.4, 0.5) is 0 Å². The van der Waals surface area contributed by atoms with Crippen molar-refractivity contribution in [2.24, 2.45) is 0 Å². The molecule has 1 atom stereocenters. The van der Waals surface area contributed by atoms with Gasteiger partial charge in [0.25, 0.3) is 0 Å². The first-order valence-electron chi connectivity index (χ1n) is 5.35. The fraction of sp³-hybridized carbons (Fsp3) is 0.455. The highest BCUT2D eigenvalue weighted by atomic mass is 79.9. The molecule has 94 valence electrons. The normalized spacial score (nSPS) is 20.7. The van der Waals surface area contributed by atoms with Crippen molar-refractivity contribution in [2.75, 3.05) is 11.5 Å². The van der Waals surface area contributed by atoms with Crippen molar-refractivity contribution in [1.82, 2.24) is 4.72 Å². The second kappa shape index (κ2) is 5.30. The lowest BCUT2D eigenvalue weighted by Gasteiger charge is -2.13. The summed E-state index contributed by atoms with van der Waals surface area (Å²) in [6.07, 6.45) is 0.914. The quantitative estimate of drug-likeness (QED) is 0.923. The van der Waals surface area contributed by atoms with Crippen LogP contribution in [0, 0.1) is 6.92 Å². The number of hydrogen-bond acceptors (Lipinski definition) is 3. The first-order chi connectivity index (χ1) is 7.99. The predicted molar refractivity (Wildman–Crippen MR) is 74.9 cm³/mol. The smallest absolute Gasteiger partial charge is 0.207 e. The van der Waals surface area contributed by atoms with E-state index in [1.807, 2.05) is 19.1 Å². The number of rotatable bonds is 3. The van der Waals surface area contributed by atoms with E-state index in [9.17, 15) is 8.42 Å². The number of sulfonamides is 1. The van der Waals surface area contributed by atoms with Gasteiger partial charge in [-0.3, -0.25) is 0 Å². The van der Waals surface area contributed by atoms with Gasteiger partial charge in [-0.05, 0) is 36.8 Å². The molecule has 1 saturated heterocycles. The summed E-state index contributed by atoms with van der Waals surface area (Å²) in [6, 6.07) is 5.38. The van der Waals surface area contributed by atoms with Crippen LogP contribution in [0.5, 0.6) is 0 Å². The van der Waals surface area contributed by atoms with E-state index in [-0.39, 0.29) is 6.04 Å². The Balaban J connectivity index is 2.27. The molecule has 1 aliphatic rings. The molecule has 1 heterocycles. The fourth-order valence-electron chi connectivity index (χ4n) is 1.77. The minimum atomic E-state index is -3.39. The summed E-state index contributed by atoms with van der Waals surface area (Å²) in [4.78, 5) is 0.365. The van der Waals surface area contributed by atoms with Gasteiger partial charge in [0.05, 0.1) is 4.90 Å². The molecule has 2 rings (SSSR count). The summed E-state index contributed by atoms with van der Waals surface area (Å²) >= 11 is 5.09. The number of halogens is 1. The van der Waals surface area contributed by atoms with Gasteiger partial charge in [-0.2, -0.15) is 11.8 Å². The zero-order valence-corrected chi connectivity index (χ0v) is 12.7. The summed E-state index contributed by atoms with van der Waals surface area (Å²) in [7, 11) is -3.39. The molecule has 1 aromatic rings. The number of hydrogen-bond donors (Lipinski definition) is 1. The molecule has 0 aromatic heterocycles. The largest absolute Gasteiger partial charge is 0.241 e. The SMILES string of the molecule is Cc1ccc(Br)cc1S(=O)(=O)NC1CCSC1. The van der Waals surface area contributed by atoms with Crippen LogP contribution in [0.3, 0.4) is 0 Å². The molecule has 1 aromatic carbocycles. The van der Waals surface area contributed by atoms with E-state index in [1.165, 1.54) is 0 Å². The molecule has 0 bridgehead atoms. The number of aryl methyl sites for hydroxylation is 1. The van der Waals surface area contributed by atoms with Crippen molar-refractivity contribution in [3.05, 3.63) is 28.2 Å². The molecule has 1 unspecified atom stereocenters. The van der Waals surface area contributed by atoms with Crippen LogP contribution in [0.25, 0.3) is 0 Å². The lowest BCUT2D eigenvalue weighted by Crippen LogP contribution is -2.34. The standard InChI is InChI=1S/C11H14BrNO2S2/c1-8-2-3-9(12)6-11(8)17(14,15)13-10-4-5-16-7-10/h2-3,6,10,13H,4-5,7H2,1H3. The van der Waals surface area contributed by atoms with E-state index in [0.717, 1.165) is 28.0 Å². The van der Waals surface area contributed by atoms with E-state index in [2.05, 4.69) is 20.7 Å². The molecule has 1 fully saturated rings. The average Bonchev–Trinajstić information content (AvgIpc) is 2.73. The lowest BCUT2D eigenvalue weighted by molar-refractivity contribution is 0.562. The Hall–Kier alpha value is -0.0400. The highest BCUT2D eigenvalue weighted by molar-refractivity contribution is 9.10. The van der Waals surface area contributed by atoms with Gasteiger partial charge < -0.3 is 0 Å². The number of nitrogens with one attached hydrogen (secondary N) is 1. The topological polar surface area (TPSA) is 46.2 Å². The Kier molecular flexibility index (Phi) is 4.18. The summed E-state index contributed by atoms with van der Waals surface area (Å²) in [5, 5.41) is 0. The second-order valence-corrected chi connectivity index (χ2v) is 7.84. The minimum Gasteiger partial charge on any atom is -0.207 e. The maximum absolute atomic E-state index is 12.2. The van der Waals surface area contributed by atoms with Crippen LogP contribution >= 0.6 is 27.7 Å². The number of benzene rings is 1. The molecule has 0 radical (unpaired) electrons. The van der Waals surface area contributed by atoms with Crippen LogP contribution in [0.15, 0.2) is 27.6 Å². The van der Waals surface area contributed by atoms with Crippen molar-refractivity contribution in [2.45, 2.75) is 24.3 Å². The van der Waals surface area contributed by atoms with E-state index in [4.69, 9.17) is 0 Å². The third-order valence-electron chi connectivity index (χ3n) is 2.69. The predicted octanol–water partition coefficient (Wildman–Crippen LogP) is 2.54. The molecule has 0 amide bonds. The highest BCUT2D eigenvalue weighted by Gasteiger charge is 2.24. The van der Waals surface area contributed by atoms with E-state index in [0.29, 0.717) is 4.90 Å². The third-order valence-corrected chi connectivity index (χ3v) is 6.01. The molecule has 6 heteroatoms. The number of thioether (sulfide) groups is 1. The van der Waals surface area contributed by atoms with Crippen molar-refractivity contribution in [3.63, 3.8) is 0 Å². The van der Waals surface area contributed by atoms with Gasteiger partial charge in [0.1, 0.15) is 0 Å². The summed E-state index contributed by atoms with van der Waals surface area (Å²) in [5.41, 5.74) is 0.770. The Bertz CT molecular complexity index is 510. The first kappa shape index (κ1) is 13.4. The molecule has 1 N–H and O–H groups in total. The van der Waals surface area contributed by atoms with Gasteiger partial charge in [0.15, 0.2) is 0 Å². The summed E-state index contributed by atoms with van der Waals surface area (Å²) in [5.74, 6) is 1.90. The Morgan fingerprint density at radius 2 is 2.24 bits per heavy atom. The fourth-order valence-corrected chi connectivity index (χ4v) is 5.09. The first-order valence-corrected chi connectivity index (χ1v) is 8.78. The van der Waals surface area contributed by atoms with Crippen LogP contribution in [-0.4, -0.2) is 26.0 Å². The van der Waals surface area contributed by atoms with Crippen LogP contribution in [0.2, 0.25) is 0 Å². The van der Waals surface area contributed by atoms with Crippen molar-refractivity contribution >= 4 is 37.7 Å². The van der Waals surface area contributed by atoms with Gasteiger partial charge in [0.2, 0.25) is 10.0 Å². The van der Waals surface area contributed by atoms with Gasteiger partial charge in [-0.25, -0.2) is 13.1 Å². The second-order valence-electron chi connectivity index (χ2n) is 4.09. The van der Waals surface area contributed by atoms with Crippen LogP contribution < -0.4 is 4.72 Å². The van der Waals surface area contributed by atoms with Crippen LogP contribution in [-0.2, 0) is 10.0 Å². The van der Waals surface area contributed by atoms with Gasteiger partial charge in [-0.15, -0.1) is 0 Å². The van der Waals surface area contributed by atoms with E-state index >= 15 is 0 Å². The average molecular weight is 336 g/mol. The lowest BCUT2D eigenvalue weighted by atomic mass is 10.2. The molecule has 0 aliphatic carbocycles. The van der Waals surface area contributed by atoms with E-state index < -0.39 is 10.0 Å². The van der Waals surface area contributed by atoms with Crippen molar-refractivity contribution in [1.29, 1.82) is 0 Å².